The van der Waals surface area contributed by atoms with E-state index in [-0.39, 0.29) is 0 Å². The molecule has 0 aromatic heterocycles. The number of hydrogen-bond donors (Lipinski definition) is 1. The number of rotatable bonds is 9. The van der Waals surface area contributed by atoms with Crippen molar-refractivity contribution in [3.05, 3.63) is 35.4 Å². The first-order valence-electron chi connectivity index (χ1n) is 6.72. The fraction of sp³-hybridized carbons (Fsp3) is 0.600. The molecule has 0 radical (unpaired) electrons. The molecule has 0 aliphatic rings. The van der Waals surface area contributed by atoms with Gasteiger partial charge < -0.3 is 15.0 Å². The van der Waals surface area contributed by atoms with Crippen LogP contribution in [0.2, 0.25) is 0 Å². The van der Waals surface area contributed by atoms with Gasteiger partial charge in [0.2, 0.25) is 0 Å². The molecular formula is C15H26N2O. The topological polar surface area (TPSA) is 24.5 Å². The number of aryl methyl sites for hydroxylation is 1. The van der Waals surface area contributed by atoms with Gasteiger partial charge in [-0.2, -0.15) is 0 Å². The van der Waals surface area contributed by atoms with Crippen molar-refractivity contribution in [2.24, 2.45) is 0 Å². The molecule has 0 fully saturated rings. The minimum absolute atomic E-state index is 0.780. The monoisotopic (exact) mass is 250 g/mol. The van der Waals surface area contributed by atoms with Crippen LogP contribution >= 0.6 is 0 Å². The molecule has 3 nitrogen and oxygen atoms in total. The predicted molar refractivity (Wildman–Crippen MR) is 76.9 cm³/mol. The summed E-state index contributed by atoms with van der Waals surface area (Å²) in [6.07, 6.45) is 1.11. The molecule has 102 valence electrons. The summed E-state index contributed by atoms with van der Waals surface area (Å²) in [5.74, 6) is 0. The van der Waals surface area contributed by atoms with E-state index >= 15 is 0 Å². The highest BCUT2D eigenvalue weighted by molar-refractivity contribution is 5.22. The average molecular weight is 250 g/mol. The first kappa shape index (κ1) is 15.2. The van der Waals surface area contributed by atoms with Gasteiger partial charge in [0.1, 0.15) is 0 Å². The molecule has 0 spiro atoms. The molecule has 0 unspecified atom stereocenters. The fourth-order valence-corrected chi connectivity index (χ4v) is 1.84. The largest absolute Gasteiger partial charge is 0.383 e. The third kappa shape index (κ3) is 6.15. The molecule has 1 aromatic rings. The minimum atomic E-state index is 0.780. The van der Waals surface area contributed by atoms with Gasteiger partial charge in [-0.1, -0.05) is 31.2 Å². The lowest BCUT2D eigenvalue weighted by atomic mass is 10.1. The van der Waals surface area contributed by atoms with Crippen molar-refractivity contribution in [3.8, 4) is 0 Å². The highest BCUT2D eigenvalue weighted by Gasteiger charge is 2.00. The molecular weight excluding hydrogens is 224 g/mol. The van der Waals surface area contributed by atoms with Gasteiger partial charge in [0.25, 0.3) is 0 Å². The van der Waals surface area contributed by atoms with Gasteiger partial charge >= 0.3 is 0 Å². The van der Waals surface area contributed by atoms with Crippen molar-refractivity contribution in [1.82, 2.24) is 10.2 Å². The van der Waals surface area contributed by atoms with E-state index in [9.17, 15) is 0 Å². The lowest BCUT2D eigenvalue weighted by Gasteiger charge is -2.17. The zero-order valence-electron chi connectivity index (χ0n) is 11.9. The SMILES string of the molecule is CCc1ccc(CN(C)CCNCCOC)cc1. The normalized spacial score (nSPS) is 11.1. The second-order valence-corrected chi connectivity index (χ2v) is 4.65. The standard InChI is InChI=1S/C15H26N2O/c1-4-14-5-7-15(8-6-14)13-17(2)11-9-16-10-12-18-3/h5-8,16H,4,9-13H2,1-3H3. The Kier molecular flexibility index (Phi) is 7.65. The summed E-state index contributed by atoms with van der Waals surface area (Å²) in [6, 6.07) is 8.90. The maximum absolute atomic E-state index is 4.99. The zero-order chi connectivity index (χ0) is 13.2. The Labute approximate surface area is 111 Å². The molecule has 18 heavy (non-hydrogen) atoms. The third-order valence-corrected chi connectivity index (χ3v) is 3.04. The van der Waals surface area contributed by atoms with Crippen molar-refractivity contribution in [3.63, 3.8) is 0 Å². The highest BCUT2D eigenvalue weighted by Crippen LogP contribution is 2.06. The molecule has 0 bridgehead atoms. The fourth-order valence-electron chi connectivity index (χ4n) is 1.84. The van der Waals surface area contributed by atoms with E-state index in [2.05, 4.69) is 48.5 Å². The number of hydrogen-bond acceptors (Lipinski definition) is 3. The molecule has 0 saturated carbocycles. The van der Waals surface area contributed by atoms with Crippen LogP contribution in [0.3, 0.4) is 0 Å². The molecule has 1 aromatic carbocycles. The summed E-state index contributed by atoms with van der Waals surface area (Å²) in [5, 5.41) is 3.35. The summed E-state index contributed by atoms with van der Waals surface area (Å²) in [7, 11) is 3.89. The summed E-state index contributed by atoms with van der Waals surface area (Å²) in [5.41, 5.74) is 2.79. The molecule has 0 aliphatic carbocycles. The van der Waals surface area contributed by atoms with Crippen LogP contribution in [0.4, 0.5) is 0 Å². The van der Waals surface area contributed by atoms with Gasteiger partial charge in [0.05, 0.1) is 6.61 Å². The summed E-state index contributed by atoms with van der Waals surface area (Å²) in [6.45, 7) is 6.96. The van der Waals surface area contributed by atoms with Gasteiger partial charge in [-0.15, -0.1) is 0 Å². The molecule has 0 amide bonds. The maximum atomic E-state index is 4.99. The van der Waals surface area contributed by atoms with Crippen LogP contribution in [-0.2, 0) is 17.7 Å². The maximum Gasteiger partial charge on any atom is 0.0587 e. The van der Waals surface area contributed by atoms with E-state index in [1.165, 1.54) is 11.1 Å². The molecule has 1 N–H and O–H groups in total. The number of likely N-dealkylation sites (N-methyl/N-ethyl adjacent to an activating group) is 1. The average Bonchev–Trinajstić information content (AvgIpc) is 2.39. The summed E-state index contributed by atoms with van der Waals surface area (Å²) < 4.78 is 4.99. The number of ether oxygens (including phenoxy) is 1. The van der Waals surface area contributed by atoms with E-state index in [0.29, 0.717) is 0 Å². The van der Waals surface area contributed by atoms with Gasteiger partial charge in [0.15, 0.2) is 0 Å². The number of methoxy groups -OCH3 is 1. The van der Waals surface area contributed by atoms with Crippen LogP contribution in [0.25, 0.3) is 0 Å². The highest BCUT2D eigenvalue weighted by atomic mass is 16.5. The van der Waals surface area contributed by atoms with E-state index in [4.69, 9.17) is 4.74 Å². The van der Waals surface area contributed by atoms with E-state index in [0.717, 1.165) is 39.2 Å². The second kappa shape index (κ2) is 9.09. The van der Waals surface area contributed by atoms with Gasteiger partial charge in [0, 0.05) is 33.3 Å². The summed E-state index contributed by atoms with van der Waals surface area (Å²) >= 11 is 0. The van der Waals surface area contributed by atoms with E-state index in [1.807, 2.05) is 0 Å². The Hall–Kier alpha value is -0.900. The third-order valence-electron chi connectivity index (χ3n) is 3.04. The first-order valence-corrected chi connectivity index (χ1v) is 6.72. The van der Waals surface area contributed by atoms with Crippen molar-refractivity contribution >= 4 is 0 Å². The lowest BCUT2D eigenvalue weighted by molar-refractivity contribution is 0.197. The smallest absolute Gasteiger partial charge is 0.0587 e. The molecule has 0 aliphatic heterocycles. The Morgan fingerprint density at radius 3 is 2.39 bits per heavy atom. The van der Waals surface area contributed by atoms with Crippen LogP contribution in [0.1, 0.15) is 18.1 Å². The van der Waals surface area contributed by atoms with Crippen LogP contribution in [0, 0.1) is 0 Å². The van der Waals surface area contributed by atoms with Crippen LogP contribution in [-0.4, -0.2) is 45.3 Å². The van der Waals surface area contributed by atoms with Crippen LogP contribution in [0.15, 0.2) is 24.3 Å². The zero-order valence-corrected chi connectivity index (χ0v) is 11.9. The summed E-state index contributed by atoms with van der Waals surface area (Å²) in [4.78, 5) is 2.33. The molecule has 0 atom stereocenters. The number of nitrogens with zero attached hydrogens (tertiary/aromatic N) is 1. The first-order chi connectivity index (χ1) is 8.76. The quantitative estimate of drug-likeness (QED) is 0.678. The second-order valence-electron chi connectivity index (χ2n) is 4.65. The lowest BCUT2D eigenvalue weighted by Crippen LogP contribution is -2.30. The number of benzene rings is 1. The van der Waals surface area contributed by atoms with Gasteiger partial charge in [-0.3, -0.25) is 0 Å². The van der Waals surface area contributed by atoms with Crippen molar-refractivity contribution in [2.45, 2.75) is 19.9 Å². The van der Waals surface area contributed by atoms with Crippen molar-refractivity contribution in [1.29, 1.82) is 0 Å². The molecule has 0 heterocycles. The molecule has 1 rings (SSSR count). The Bertz CT molecular complexity index is 311. The molecule has 0 saturated heterocycles. The van der Waals surface area contributed by atoms with E-state index < -0.39 is 0 Å². The van der Waals surface area contributed by atoms with Crippen molar-refractivity contribution < 1.29 is 4.74 Å². The van der Waals surface area contributed by atoms with Crippen LogP contribution < -0.4 is 5.32 Å². The predicted octanol–water partition coefficient (Wildman–Crippen LogP) is 1.92. The molecule has 3 heteroatoms. The van der Waals surface area contributed by atoms with Crippen molar-refractivity contribution in [2.75, 3.05) is 40.4 Å². The Morgan fingerprint density at radius 2 is 1.78 bits per heavy atom. The number of nitrogens with one attached hydrogen (secondary N) is 1. The Morgan fingerprint density at radius 1 is 1.11 bits per heavy atom. The van der Waals surface area contributed by atoms with Gasteiger partial charge in [-0.25, -0.2) is 0 Å². The minimum Gasteiger partial charge on any atom is -0.383 e. The van der Waals surface area contributed by atoms with E-state index in [1.54, 1.807) is 7.11 Å². The Balaban J connectivity index is 2.20. The van der Waals surface area contributed by atoms with Gasteiger partial charge in [-0.05, 0) is 24.6 Å². The van der Waals surface area contributed by atoms with Crippen LogP contribution in [0.5, 0.6) is 0 Å².